The molecule has 0 spiro atoms. The van der Waals surface area contributed by atoms with Crippen LogP contribution in [0.15, 0.2) is 24.3 Å². The lowest BCUT2D eigenvalue weighted by Gasteiger charge is -2.36. The fraction of sp³-hybridized carbons (Fsp3) is 0.647. The quantitative estimate of drug-likeness (QED) is 0.506. The first-order valence-electron chi connectivity index (χ1n) is 7.54. The molecule has 0 bridgehead atoms. The van der Waals surface area contributed by atoms with Gasteiger partial charge in [-0.1, -0.05) is 66.4 Å². The third kappa shape index (κ3) is 5.75. The van der Waals surface area contributed by atoms with Crippen LogP contribution < -0.4 is 0 Å². The maximum atomic E-state index is 6.06. The van der Waals surface area contributed by atoms with Gasteiger partial charge in [0.2, 0.25) is 0 Å². The van der Waals surface area contributed by atoms with Crippen LogP contribution in [0.25, 0.3) is 0 Å². The largest absolute Gasteiger partial charge is 0.302 e. The van der Waals surface area contributed by atoms with Gasteiger partial charge in [-0.15, -0.1) is 0 Å². The Morgan fingerprint density at radius 1 is 1.20 bits per heavy atom. The average Bonchev–Trinajstić information content (AvgIpc) is 2.39. The molecule has 0 unspecified atom stereocenters. The first kappa shape index (κ1) is 18.0. The summed E-state index contributed by atoms with van der Waals surface area (Å²) >= 11 is 9.81. The van der Waals surface area contributed by atoms with Crippen LogP contribution in [0.1, 0.15) is 45.1 Å². The Morgan fingerprint density at radius 2 is 1.85 bits per heavy atom. The Kier molecular flexibility index (Phi) is 8.16. The molecule has 0 aliphatic rings. The molecule has 0 aliphatic heterocycles. The molecule has 0 saturated carbocycles. The molecule has 0 atom stereocenters. The van der Waals surface area contributed by atoms with Crippen molar-refractivity contribution in [2.75, 3.05) is 18.9 Å². The average molecular weight is 361 g/mol. The smallest absolute Gasteiger partial charge is 0.0409 e. The maximum Gasteiger partial charge on any atom is 0.0409 e. The topological polar surface area (TPSA) is 3.24 Å². The minimum Gasteiger partial charge on any atom is -0.302 e. The van der Waals surface area contributed by atoms with Crippen molar-refractivity contribution in [1.29, 1.82) is 0 Å². The van der Waals surface area contributed by atoms with E-state index in [9.17, 15) is 0 Å². The highest BCUT2D eigenvalue weighted by Gasteiger charge is 2.28. The first-order valence-corrected chi connectivity index (χ1v) is 9.04. The van der Waals surface area contributed by atoms with Crippen molar-refractivity contribution >= 4 is 27.5 Å². The highest BCUT2D eigenvalue weighted by molar-refractivity contribution is 9.09. The van der Waals surface area contributed by atoms with Crippen molar-refractivity contribution < 1.29 is 0 Å². The molecule has 3 heteroatoms. The Hall–Kier alpha value is -0.0500. The SMILES string of the molecule is CCCC(CBr)(CCC)CN(C)Cc1cccc(Cl)c1. The van der Waals surface area contributed by atoms with Gasteiger partial charge in [-0.05, 0) is 43.0 Å². The van der Waals surface area contributed by atoms with Crippen LogP contribution >= 0.6 is 27.5 Å². The summed E-state index contributed by atoms with van der Waals surface area (Å²) in [5, 5.41) is 1.91. The molecule has 20 heavy (non-hydrogen) atoms. The third-order valence-electron chi connectivity index (χ3n) is 3.79. The van der Waals surface area contributed by atoms with Gasteiger partial charge < -0.3 is 4.90 Å². The number of nitrogens with zero attached hydrogens (tertiary/aromatic N) is 1. The molecule has 0 aliphatic carbocycles. The van der Waals surface area contributed by atoms with Gasteiger partial charge in [-0.3, -0.25) is 0 Å². The molecule has 0 heterocycles. The summed E-state index contributed by atoms with van der Waals surface area (Å²) in [6.07, 6.45) is 5.06. The second kappa shape index (κ2) is 9.07. The summed E-state index contributed by atoms with van der Waals surface area (Å²) in [7, 11) is 2.21. The van der Waals surface area contributed by atoms with Gasteiger partial charge in [0.15, 0.2) is 0 Å². The van der Waals surface area contributed by atoms with Gasteiger partial charge >= 0.3 is 0 Å². The highest BCUT2D eigenvalue weighted by Crippen LogP contribution is 2.33. The number of alkyl halides is 1. The molecule has 0 saturated heterocycles. The van der Waals surface area contributed by atoms with Crippen molar-refractivity contribution in [3.63, 3.8) is 0 Å². The lowest BCUT2D eigenvalue weighted by molar-refractivity contribution is 0.166. The molecular weight excluding hydrogens is 334 g/mol. The van der Waals surface area contributed by atoms with Crippen LogP contribution in [0.5, 0.6) is 0 Å². The van der Waals surface area contributed by atoms with Crippen molar-refractivity contribution in [2.24, 2.45) is 5.41 Å². The minimum atomic E-state index is 0.400. The van der Waals surface area contributed by atoms with Crippen LogP contribution in [0, 0.1) is 5.41 Å². The molecule has 1 nitrogen and oxygen atoms in total. The zero-order chi connectivity index (χ0) is 15.0. The predicted octanol–water partition coefficient (Wildman–Crippen LogP) is 5.75. The lowest BCUT2D eigenvalue weighted by atomic mass is 9.80. The molecule has 1 rings (SSSR count). The molecule has 0 radical (unpaired) electrons. The maximum absolute atomic E-state index is 6.06. The molecule has 1 aromatic rings. The Bertz CT molecular complexity index is 388. The summed E-state index contributed by atoms with van der Waals surface area (Å²) in [6, 6.07) is 8.18. The number of benzene rings is 1. The number of hydrogen-bond acceptors (Lipinski definition) is 1. The molecule has 114 valence electrons. The zero-order valence-electron chi connectivity index (χ0n) is 13.0. The molecule has 0 fully saturated rings. The van der Waals surface area contributed by atoms with E-state index in [4.69, 9.17) is 11.6 Å². The Labute approximate surface area is 137 Å². The van der Waals surface area contributed by atoms with Gasteiger partial charge in [0, 0.05) is 23.4 Å². The summed E-state index contributed by atoms with van der Waals surface area (Å²) in [4.78, 5) is 2.43. The monoisotopic (exact) mass is 359 g/mol. The summed E-state index contributed by atoms with van der Waals surface area (Å²) in [6.45, 7) is 6.66. The number of hydrogen-bond donors (Lipinski definition) is 0. The third-order valence-corrected chi connectivity index (χ3v) is 5.22. The van der Waals surface area contributed by atoms with Crippen LogP contribution in [-0.4, -0.2) is 23.8 Å². The van der Waals surface area contributed by atoms with E-state index in [1.807, 2.05) is 12.1 Å². The standard InChI is InChI=1S/C17H27BrClN/c1-4-9-17(13-18,10-5-2)14-20(3)12-15-7-6-8-16(19)11-15/h6-8,11H,4-5,9-10,12-14H2,1-3H3. The van der Waals surface area contributed by atoms with E-state index in [-0.39, 0.29) is 0 Å². The van der Waals surface area contributed by atoms with Gasteiger partial charge in [0.1, 0.15) is 0 Å². The van der Waals surface area contributed by atoms with Gasteiger partial charge in [0.25, 0.3) is 0 Å². The van der Waals surface area contributed by atoms with Crippen LogP contribution in [0.3, 0.4) is 0 Å². The zero-order valence-corrected chi connectivity index (χ0v) is 15.3. The number of halogens is 2. The summed E-state index contributed by atoms with van der Waals surface area (Å²) in [5.74, 6) is 0. The molecule has 0 N–H and O–H groups in total. The van der Waals surface area contributed by atoms with E-state index in [0.29, 0.717) is 5.41 Å². The van der Waals surface area contributed by atoms with Crippen molar-refractivity contribution in [2.45, 2.75) is 46.1 Å². The predicted molar refractivity (Wildman–Crippen MR) is 93.8 cm³/mol. The van der Waals surface area contributed by atoms with Crippen LogP contribution in [0.2, 0.25) is 5.02 Å². The lowest BCUT2D eigenvalue weighted by Crippen LogP contribution is -2.36. The highest BCUT2D eigenvalue weighted by atomic mass is 79.9. The fourth-order valence-corrected chi connectivity index (χ4v) is 4.05. The van der Waals surface area contributed by atoms with E-state index in [2.05, 4.69) is 53.9 Å². The van der Waals surface area contributed by atoms with Crippen molar-refractivity contribution in [1.82, 2.24) is 4.90 Å². The summed E-state index contributed by atoms with van der Waals surface area (Å²) < 4.78 is 0. The molecule has 1 aromatic carbocycles. The van der Waals surface area contributed by atoms with Gasteiger partial charge in [-0.2, -0.15) is 0 Å². The van der Waals surface area contributed by atoms with Crippen molar-refractivity contribution in [3.8, 4) is 0 Å². The van der Waals surface area contributed by atoms with E-state index >= 15 is 0 Å². The van der Waals surface area contributed by atoms with Crippen LogP contribution in [0.4, 0.5) is 0 Å². The van der Waals surface area contributed by atoms with Crippen molar-refractivity contribution in [3.05, 3.63) is 34.9 Å². The van der Waals surface area contributed by atoms with Gasteiger partial charge in [-0.25, -0.2) is 0 Å². The fourth-order valence-electron chi connectivity index (χ4n) is 3.10. The molecule has 0 amide bonds. The second-order valence-electron chi connectivity index (χ2n) is 5.94. The number of rotatable bonds is 9. The van der Waals surface area contributed by atoms with Crippen LogP contribution in [-0.2, 0) is 6.54 Å². The van der Waals surface area contributed by atoms with E-state index in [1.165, 1.54) is 31.2 Å². The Balaban J connectivity index is 2.67. The normalized spacial score (nSPS) is 12.1. The van der Waals surface area contributed by atoms with E-state index < -0.39 is 0 Å². The second-order valence-corrected chi connectivity index (χ2v) is 6.93. The van der Waals surface area contributed by atoms with Gasteiger partial charge in [0.05, 0.1) is 0 Å². The van der Waals surface area contributed by atoms with E-state index in [0.717, 1.165) is 23.4 Å². The minimum absolute atomic E-state index is 0.400. The Morgan fingerprint density at radius 3 is 2.35 bits per heavy atom. The summed E-state index contributed by atoms with van der Waals surface area (Å²) in [5.41, 5.74) is 1.69. The molecular formula is C17H27BrClN. The van der Waals surface area contributed by atoms with E-state index in [1.54, 1.807) is 0 Å². The first-order chi connectivity index (χ1) is 9.55. The molecule has 0 aromatic heterocycles.